The molecule has 8 rings (SSSR count). The van der Waals surface area contributed by atoms with E-state index in [1.165, 1.54) is 7.11 Å². The number of hydrogen-bond donors (Lipinski definition) is 5. The first-order valence-corrected chi connectivity index (χ1v) is 17.8. The minimum Gasteiger partial charge on any atom is -0.465 e. The molecule has 0 spiro atoms. The summed E-state index contributed by atoms with van der Waals surface area (Å²) in [4.78, 5) is 40.6. The second-order valence-electron chi connectivity index (χ2n) is 14.5. The van der Waals surface area contributed by atoms with Crippen LogP contribution in [-0.4, -0.2) is 95.5 Å². The Morgan fingerprint density at radius 2 is 2.06 bits per heavy atom. The quantitative estimate of drug-likeness (QED) is 0.258. The van der Waals surface area contributed by atoms with Gasteiger partial charge < -0.3 is 45.2 Å². The van der Waals surface area contributed by atoms with Crippen molar-refractivity contribution in [2.24, 2.45) is 22.7 Å². The fraction of sp³-hybridized carbons (Fsp3) is 0.474. The van der Waals surface area contributed by atoms with E-state index in [0.717, 1.165) is 83.5 Å². The van der Waals surface area contributed by atoms with E-state index in [1.807, 2.05) is 19.4 Å². The molecule has 4 aliphatic heterocycles. The largest absolute Gasteiger partial charge is 0.465 e. The molecular weight excluding hydrogens is 650 g/mol. The highest BCUT2D eigenvalue weighted by Crippen LogP contribution is 2.46. The van der Waals surface area contributed by atoms with Gasteiger partial charge in [0.25, 0.3) is 0 Å². The highest BCUT2D eigenvalue weighted by molar-refractivity contribution is 5.97. The lowest BCUT2D eigenvalue weighted by atomic mass is 9.75. The second kappa shape index (κ2) is 13.4. The molecule has 13 nitrogen and oxygen atoms in total. The number of aromatic nitrogens is 2. The molecule has 2 amide bonds. The summed E-state index contributed by atoms with van der Waals surface area (Å²) in [5.74, 6) is 2.72. The second-order valence-corrected chi connectivity index (χ2v) is 14.5. The SMILES string of the molecule is COC[C@@H]1CN[C@H](c2ncc(C3=CC4=COC5=CC6C(=CC=C7NC([C@@H]8CC[C@H](C)N8C(=O)[C@@H](NC(=O)O)[C@@H](C)OC)=NC76)C=C5C4C=C3)[nH]2)C1. The van der Waals surface area contributed by atoms with Gasteiger partial charge in [-0.25, -0.2) is 9.78 Å². The Morgan fingerprint density at radius 1 is 1.20 bits per heavy atom. The fourth-order valence-electron chi connectivity index (χ4n) is 8.52. The van der Waals surface area contributed by atoms with Gasteiger partial charge in [0.1, 0.15) is 29.5 Å². The number of methoxy groups -OCH3 is 2. The molecule has 5 N–H and O–H groups in total. The van der Waals surface area contributed by atoms with E-state index in [9.17, 15) is 14.7 Å². The fourth-order valence-corrected chi connectivity index (χ4v) is 8.52. The molecule has 0 bridgehead atoms. The third kappa shape index (κ3) is 6.06. The Hall–Kier alpha value is -4.72. The molecule has 0 saturated carbocycles. The number of ether oxygens (including phenoxy) is 3. The van der Waals surface area contributed by atoms with Crippen LogP contribution in [0.4, 0.5) is 4.79 Å². The number of likely N-dealkylation sites (tertiary alicyclic amines) is 1. The van der Waals surface area contributed by atoms with Gasteiger partial charge in [-0.05, 0) is 74.0 Å². The summed E-state index contributed by atoms with van der Waals surface area (Å²) >= 11 is 0. The van der Waals surface area contributed by atoms with Gasteiger partial charge in [0.15, 0.2) is 0 Å². The van der Waals surface area contributed by atoms with Crippen LogP contribution in [0.1, 0.15) is 50.7 Å². The number of nitrogens with zero attached hydrogens (tertiary/aromatic N) is 3. The standard InChI is InChI=1S/C38H45N7O6/c1-19-5-10-31(45(19)37(46)33(20(2)50-4)44-38(47)48)36-41-28-9-7-22-13-27-25-8-6-23(12-24(25)18-51-32(27)14-26(22)34(28)43-36)30-16-40-35(42-30)29-11-21(15-39-29)17-49-3/h6-9,12-14,16,18-21,25-26,29,31,33-34,39,44H,5,10-11,15,17H2,1-4H3,(H,40,42)(H,41,43)(H,47,48)/t19-,20+,21-,25?,26?,29-,31-,33-,34?/m0/s1. The number of aliphatic imine (C=N–C) groups is 1. The predicted molar refractivity (Wildman–Crippen MR) is 190 cm³/mol. The number of amidine groups is 1. The van der Waals surface area contributed by atoms with Crippen LogP contribution in [0.2, 0.25) is 0 Å². The summed E-state index contributed by atoms with van der Waals surface area (Å²) in [6.45, 7) is 5.36. The van der Waals surface area contributed by atoms with Crippen LogP contribution in [0, 0.1) is 17.8 Å². The summed E-state index contributed by atoms with van der Waals surface area (Å²) in [6, 6.07) is -1.39. The van der Waals surface area contributed by atoms with Crippen molar-refractivity contribution in [1.82, 2.24) is 30.8 Å². The molecule has 9 atom stereocenters. The van der Waals surface area contributed by atoms with Crippen LogP contribution in [-0.2, 0) is 19.0 Å². The number of allylic oxidation sites excluding steroid dienone is 9. The topological polar surface area (TPSA) is 162 Å². The molecule has 1 aromatic heterocycles. The summed E-state index contributed by atoms with van der Waals surface area (Å²) < 4.78 is 17.0. The van der Waals surface area contributed by atoms with Crippen molar-refractivity contribution in [2.45, 2.75) is 69.4 Å². The van der Waals surface area contributed by atoms with E-state index in [-0.39, 0.29) is 41.9 Å². The molecule has 0 radical (unpaired) electrons. The number of carboxylic acid groups (broad SMARTS) is 1. The molecule has 7 aliphatic rings. The van der Waals surface area contributed by atoms with Crippen LogP contribution in [0.3, 0.4) is 0 Å². The zero-order valence-corrected chi connectivity index (χ0v) is 29.3. The molecule has 3 unspecified atom stereocenters. The first-order valence-electron chi connectivity index (χ1n) is 17.8. The van der Waals surface area contributed by atoms with Crippen LogP contribution in [0.15, 0.2) is 88.2 Å². The predicted octanol–water partition coefficient (Wildman–Crippen LogP) is 3.88. The highest BCUT2D eigenvalue weighted by Gasteiger charge is 2.46. The molecule has 3 aliphatic carbocycles. The molecule has 2 fully saturated rings. The van der Waals surface area contributed by atoms with Crippen LogP contribution in [0.25, 0.3) is 5.57 Å². The van der Waals surface area contributed by atoms with Crippen molar-refractivity contribution in [3.05, 3.63) is 94.7 Å². The Kier molecular flexibility index (Phi) is 8.81. The van der Waals surface area contributed by atoms with Crippen LogP contribution in [0.5, 0.6) is 0 Å². The number of nitrogens with one attached hydrogen (secondary N) is 4. The van der Waals surface area contributed by atoms with Gasteiger partial charge >= 0.3 is 6.09 Å². The maximum absolute atomic E-state index is 13.8. The highest BCUT2D eigenvalue weighted by atomic mass is 16.5. The zero-order valence-electron chi connectivity index (χ0n) is 29.3. The molecule has 268 valence electrons. The number of hydrogen-bond acceptors (Lipinski definition) is 9. The molecule has 51 heavy (non-hydrogen) atoms. The van der Waals surface area contributed by atoms with E-state index in [2.05, 4.69) is 63.5 Å². The van der Waals surface area contributed by atoms with E-state index in [1.54, 1.807) is 18.9 Å². The van der Waals surface area contributed by atoms with Gasteiger partial charge in [-0.1, -0.05) is 24.3 Å². The van der Waals surface area contributed by atoms with Crippen LogP contribution < -0.4 is 16.0 Å². The maximum Gasteiger partial charge on any atom is 0.405 e. The van der Waals surface area contributed by atoms with Gasteiger partial charge in [-0.2, -0.15) is 0 Å². The van der Waals surface area contributed by atoms with E-state index < -0.39 is 18.2 Å². The van der Waals surface area contributed by atoms with Crippen molar-refractivity contribution in [2.75, 3.05) is 27.4 Å². The number of imidazole rings is 1. The summed E-state index contributed by atoms with van der Waals surface area (Å²) in [5, 5.41) is 18.9. The lowest BCUT2D eigenvalue weighted by Crippen LogP contribution is -2.58. The van der Waals surface area contributed by atoms with Crippen molar-refractivity contribution in [3.63, 3.8) is 0 Å². The molecule has 2 saturated heterocycles. The van der Waals surface area contributed by atoms with Crippen molar-refractivity contribution >= 4 is 23.4 Å². The average molecular weight is 696 g/mol. The third-order valence-corrected chi connectivity index (χ3v) is 11.3. The molecule has 5 heterocycles. The Bertz CT molecular complexity index is 1870. The lowest BCUT2D eigenvalue weighted by molar-refractivity contribution is -0.138. The number of carbonyl (C=O) groups excluding carboxylic acids is 1. The normalized spacial score (nSPS) is 31.5. The first-order chi connectivity index (χ1) is 24.7. The number of H-pyrrole nitrogens is 1. The molecule has 13 heteroatoms. The van der Waals surface area contributed by atoms with Crippen molar-refractivity contribution < 1.29 is 28.9 Å². The number of amides is 2. The number of carbonyl (C=O) groups is 2. The Morgan fingerprint density at radius 3 is 2.86 bits per heavy atom. The van der Waals surface area contributed by atoms with Gasteiger partial charge in [0, 0.05) is 49.9 Å². The van der Waals surface area contributed by atoms with Gasteiger partial charge in [-0.3, -0.25) is 9.79 Å². The summed E-state index contributed by atoms with van der Waals surface area (Å²) in [7, 11) is 3.22. The van der Waals surface area contributed by atoms with Gasteiger partial charge in [-0.15, -0.1) is 0 Å². The average Bonchev–Trinajstić information content (AvgIpc) is 3.95. The third-order valence-electron chi connectivity index (χ3n) is 11.3. The molecule has 0 aromatic carbocycles. The molecular formula is C38H45N7O6. The summed E-state index contributed by atoms with van der Waals surface area (Å²) in [6.07, 6.45) is 19.6. The number of aromatic amines is 1. The maximum atomic E-state index is 13.8. The van der Waals surface area contributed by atoms with E-state index >= 15 is 0 Å². The Balaban J connectivity index is 0.992. The smallest absolute Gasteiger partial charge is 0.405 e. The van der Waals surface area contributed by atoms with E-state index in [0.29, 0.717) is 5.92 Å². The summed E-state index contributed by atoms with van der Waals surface area (Å²) in [5.41, 5.74) is 6.37. The number of fused-ring (bicyclic) bond motifs is 6. The van der Waals surface area contributed by atoms with Gasteiger partial charge in [0.05, 0.1) is 42.9 Å². The Labute approximate surface area is 297 Å². The van der Waals surface area contributed by atoms with Crippen LogP contribution >= 0.6 is 0 Å². The van der Waals surface area contributed by atoms with E-state index in [4.69, 9.17) is 24.2 Å². The molecule has 1 aromatic rings. The van der Waals surface area contributed by atoms with Crippen molar-refractivity contribution in [3.8, 4) is 0 Å². The minimum absolute atomic E-state index is 0.0311. The first kappa shape index (κ1) is 33.4. The zero-order chi connectivity index (χ0) is 35.4. The van der Waals surface area contributed by atoms with Gasteiger partial charge in [0.2, 0.25) is 5.91 Å². The number of rotatable bonds is 9. The minimum atomic E-state index is -1.27. The lowest BCUT2D eigenvalue weighted by Gasteiger charge is -2.34. The van der Waals surface area contributed by atoms with Crippen molar-refractivity contribution in [1.29, 1.82) is 0 Å². The monoisotopic (exact) mass is 695 g/mol.